The molecule has 7 nitrogen and oxygen atoms in total. The van der Waals surface area contributed by atoms with E-state index >= 15 is 0 Å². The molecule has 3 aliphatic heterocycles. The van der Waals surface area contributed by atoms with E-state index in [1.165, 1.54) is 18.0 Å². The van der Waals surface area contributed by atoms with Crippen molar-refractivity contribution in [2.24, 2.45) is 0 Å². The molecule has 33 heavy (non-hydrogen) atoms. The third-order valence-electron chi connectivity index (χ3n) is 7.14. The number of carbonyl (C=O) groups is 1. The predicted molar refractivity (Wildman–Crippen MR) is 123 cm³/mol. The first-order chi connectivity index (χ1) is 16.2. The van der Waals surface area contributed by atoms with Crippen LogP contribution in [-0.4, -0.2) is 70.5 Å². The molecule has 2 fully saturated rings. The molecule has 0 aliphatic carbocycles. The molecule has 170 valence electrons. The minimum Gasteiger partial charge on any atom is -0.464 e. The first kappa shape index (κ1) is 20.4. The first-order valence-corrected chi connectivity index (χ1v) is 11.6. The van der Waals surface area contributed by atoms with Gasteiger partial charge in [-0.3, -0.25) is 9.69 Å². The molecule has 2 saturated heterocycles. The molecule has 0 saturated carbocycles. The Morgan fingerprint density at radius 1 is 1.12 bits per heavy atom. The van der Waals surface area contributed by atoms with Crippen molar-refractivity contribution in [1.29, 1.82) is 0 Å². The fraction of sp³-hybridized carbons (Fsp3) is 0.400. The highest BCUT2D eigenvalue weighted by molar-refractivity contribution is 5.90. The zero-order valence-electron chi connectivity index (χ0n) is 18.4. The normalized spacial score (nSPS) is 23.2. The monoisotopic (exact) mass is 447 g/mol. The number of benzene rings is 1. The maximum absolute atomic E-state index is 13.2. The summed E-state index contributed by atoms with van der Waals surface area (Å²) in [4.78, 5) is 27.8. The molecule has 2 aromatic heterocycles. The van der Waals surface area contributed by atoms with Crippen molar-refractivity contribution in [3.8, 4) is 0 Å². The van der Waals surface area contributed by atoms with Crippen LogP contribution in [0.2, 0.25) is 0 Å². The van der Waals surface area contributed by atoms with Gasteiger partial charge in [-0.1, -0.05) is 24.3 Å². The van der Waals surface area contributed by atoms with Crippen LogP contribution in [0.4, 0.5) is 10.3 Å². The van der Waals surface area contributed by atoms with E-state index in [4.69, 9.17) is 4.42 Å². The van der Waals surface area contributed by atoms with Crippen molar-refractivity contribution in [2.45, 2.75) is 31.3 Å². The van der Waals surface area contributed by atoms with Gasteiger partial charge in [0.1, 0.15) is 5.58 Å². The highest BCUT2D eigenvalue weighted by Crippen LogP contribution is 2.33. The molecule has 1 amide bonds. The summed E-state index contributed by atoms with van der Waals surface area (Å²) in [5, 5.41) is 1.10. The highest BCUT2D eigenvalue weighted by atomic mass is 19.1. The van der Waals surface area contributed by atoms with Gasteiger partial charge in [0.05, 0.1) is 25.2 Å². The number of furan rings is 1. The van der Waals surface area contributed by atoms with Gasteiger partial charge >= 0.3 is 0 Å². The molecule has 2 unspecified atom stereocenters. The fourth-order valence-electron chi connectivity index (χ4n) is 5.56. The van der Waals surface area contributed by atoms with E-state index in [-0.39, 0.29) is 18.0 Å². The summed E-state index contributed by atoms with van der Waals surface area (Å²) in [6, 6.07) is 8.71. The molecule has 2 bridgehead atoms. The van der Waals surface area contributed by atoms with E-state index < -0.39 is 5.82 Å². The Bertz CT molecular complexity index is 1190. The van der Waals surface area contributed by atoms with Crippen LogP contribution < -0.4 is 4.90 Å². The highest BCUT2D eigenvalue weighted by Gasteiger charge is 2.41. The lowest BCUT2D eigenvalue weighted by atomic mass is 9.98. The average Bonchev–Trinajstić information content (AvgIpc) is 3.42. The number of hydrogen-bond acceptors (Lipinski definition) is 6. The molecule has 0 N–H and O–H groups in total. The van der Waals surface area contributed by atoms with Gasteiger partial charge in [-0.25, -0.2) is 14.4 Å². The maximum atomic E-state index is 13.2. The largest absolute Gasteiger partial charge is 0.464 e. The topological polar surface area (TPSA) is 65.7 Å². The second-order valence-corrected chi connectivity index (χ2v) is 9.15. The average molecular weight is 448 g/mol. The summed E-state index contributed by atoms with van der Waals surface area (Å²) in [6.45, 7) is 3.39. The molecular weight excluding hydrogens is 421 g/mol. The summed E-state index contributed by atoms with van der Waals surface area (Å²) in [5.74, 6) is 0.345. The number of carbonyl (C=O) groups excluding carboxylic acids is 1. The predicted octanol–water partition coefficient (Wildman–Crippen LogP) is 3.33. The molecule has 1 aromatic carbocycles. The van der Waals surface area contributed by atoms with Crippen LogP contribution in [0.5, 0.6) is 0 Å². The van der Waals surface area contributed by atoms with Crippen molar-refractivity contribution in [1.82, 2.24) is 19.8 Å². The third-order valence-corrected chi connectivity index (χ3v) is 7.14. The van der Waals surface area contributed by atoms with Crippen LogP contribution in [0.3, 0.4) is 0 Å². The lowest BCUT2D eigenvalue weighted by molar-refractivity contribution is -0.132. The first-order valence-electron chi connectivity index (χ1n) is 11.6. The van der Waals surface area contributed by atoms with E-state index in [2.05, 4.69) is 44.0 Å². The number of likely N-dealkylation sites (tertiary alicyclic amines) is 1. The zero-order valence-corrected chi connectivity index (χ0v) is 18.4. The Hall–Kier alpha value is -3.26. The van der Waals surface area contributed by atoms with Crippen LogP contribution in [0.25, 0.3) is 16.5 Å². The zero-order chi connectivity index (χ0) is 22.4. The summed E-state index contributed by atoms with van der Waals surface area (Å²) < 4.78 is 18.9. The van der Waals surface area contributed by atoms with Crippen LogP contribution in [-0.2, 0) is 4.79 Å². The molecule has 0 radical (unpaired) electrons. The van der Waals surface area contributed by atoms with Crippen molar-refractivity contribution in [2.75, 3.05) is 37.6 Å². The minimum absolute atomic E-state index is 0.174. The van der Waals surface area contributed by atoms with Gasteiger partial charge in [0.15, 0.2) is 5.82 Å². The molecule has 5 heterocycles. The quantitative estimate of drug-likeness (QED) is 0.611. The lowest BCUT2D eigenvalue weighted by Gasteiger charge is -2.41. The summed E-state index contributed by atoms with van der Waals surface area (Å²) in [6.07, 6.45) is 9.25. The fourth-order valence-corrected chi connectivity index (χ4v) is 5.56. The molecule has 8 heteroatoms. The molecule has 3 aromatic rings. The van der Waals surface area contributed by atoms with Crippen molar-refractivity contribution >= 4 is 28.4 Å². The van der Waals surface area contributed by atoms with Crippen molar-refractivity contribution < 1.29 is 13.6 Å². The Morgan fingerprint density at radius 2 is 1.91 bits per heavy atom. The Kier molecular flexibility index (Phi) is 5.10. The molecule has 0 spiro atoms. The number of rotatable bonds is 4. The van der Waals surface area contributed by atoms with Crippen LogP contribution in [0, 0.1) is 5.82 Å². The van der Waals surface area contributed by atoms with E-state index in [0.29, 0.717) is 19.0 Å². The second kappa shape index (κ2) is 8.26. The number of fused-ring (bicyclic) bond motifs is 3. The van der Waals surface area contributed by atoms with E-state index in [9.17, 15) is 9.18 Å². The van der Waals surface area contributed by atoms with Crippen LogP contribution in [0.15, 0.2) is 53.4 Å². The number of para-hydroxylation sites is 1. The van der Waals surface area contributed by atoms with Gasteiger partial charge in [0.2, 0.25) is 11.9 Å². The van der Waals surface area contributed by atoms with Gasteiger partial charge in [-0.05, 0) is 30.9 Å². The van der Waals surface area contributed by atoms with Crippen LogP contribution >= 0.6 is 0 Å². The van der Waals surface area contributed by atoms with Gasteiger partial charge in [-0.15, -0.1) is 0 Å². The lowest BCUT2D eigenvalue weighted by Crippen LogP contribution is -2.56. The number of halogens is 1. The van der Waals surface area contributed by atoms with E-state index in [1.807, 2.05) is 11.0 Å². The van der Waals surface area contributed by atoms with E-state index in [1.54, 1.807) is 6.26 Å². The third kappa shape index (κ3) is 3.78. The Morgan fingerprint density at radius 3 is 2.64 bits per heavy atom. The number of anilines is 1. The summed E-state index contributed by atoms with van der Waals surface area (Å²) >= 11 is 0. The van der Waals surface area contributed by atoms with Crippen molar-refractivity contribution in [3.63, 3.8) is 0 Å². The Balaban J connectivity index is 1.09. The standard InChI is InChI=1S/C25H26FN5O2/c26-19-12-27-25(28-13-19)31-20-4-5-21(31)15-29(14-20)16-23(32)30-9-6-17(7-10-30)22-3-1-2-18-8-11-33-24(18)22/h1-3,6,8,11-13,20-21H,4-5,7,9-10,14-16H2. The van der Waals surface area contributed by atoms with Gasteiger partial charge in [0.25, 0.3) is 0 Å². The smallest absolute Gasteiger partial charge is 0.237 e. The molecule has 6 rings (SSSR count). The number of aromatic nitrogens is 2. The summed E-state index contributed by atoms with van der Waals surface area (Å²) in [7, 11) is 0. The van der Waals surface area contributed by atoms with Gasteiger partial charge < -0.3 is 14.2 Å². The SMILES string of the molecule is O=C(CN1CC2CCC(C1)N2c1ncc(F)cn1)N1CC=C(c2cccc3ccoc23)CC1. The molecular formula is C25H26FN5O2. The van der Waals surface area contributed by atoms with Crippen LogP contribution in [0.1, 0.15) is 24.8 Å². The van der Waals surface area contributed by atoms with Gasteiger partial charge in [-0.2, -0.15) is 0 Å². The molecule has 2 atom stereocenters. The minimum atomic E-state index is -0.421. The number of amides is 1. The molecule has 3 aliphatic rings. The summed E-state index contributed by atoms with van der Waals surface area (Å²) in [5.41, 5.74) is 3.29. The van der Waals surface area contributed by atoms with Crippen molar-refractivity contribution in [3.05, 3.63) is 60.4 Å². The number of piperazine rings is 1. The number of hydrogen-bond donors (Lipinski definition) is 0. The number of nitrogens with zero attached hydrogens (tertiary/aromatic N) is 5. The Labute approximate surface area is 191 Å². The van der Waals surface area contributed by atoms with E-state index in [0.717, 1.165) is 55.4 Å². The van der Waals surface area contributed by atoms with Gasteiger partial charge in [0, 0.05) is 49.2 Å². The second-order valence-electron chi connectivity index (χ2n) is 9.15. The maximum Gasteiger partial charge on any atom is 0.237 e.